The van der Waals surface area contributed by atoms with E-state index in [2.05, 4.69) is 20.8 Å². The Morgan fingerprint density at radius 1 is 1.23 bits per heavy atom. The number of sulfone groups is 1. The molecule has 3 aliphatic rings. The Balaban J connectivity index is 1.60. The molecule has 3 aliphatic heterocycles. The molecule has 2 N–H and O–H groups in total. The van der Waals surface area contributed by atoms with Gasteiger partial charge in [0.05, 0.1) is 29.5 Å². The van der Waals surface area contributed by atoms with Gasteiger partial charge in [-0.3, -0.25) is 15.6 Å². The number of hydrogen-bond acceptors (Lipinski definition) is 8. The summed E-state index contributed by atoms with van der Waals surface area (Å²) in [5, 5.41) is 0. The summed E-state index contributed by atoms with van der Waals surface area (Å²) in [6.07, 6.45) is 4.15. The van der Waals surface area contributed by atoms with Gasteiger partial charge in [0.15, 0.2) is 9.84 Å². The van der Waals surface area contributed by atoms with E-state index in [1.807, 2.05) is 11.8 Å². The van der Waals surface area contributed by atoms with Gasteiger partial charge >= 0.3 is 0 Å². The quantitative estimate of drug-likeness (QED) is 0.673. The van der Waals surface area contributed by atoms with Gasteiger partial charge in [-0.15, -0.1) is 0 Å². The van der Waals surface area contributed by atoms with Crippen molar-refractivity contribution in [3.05, 3.63) is 18.5 Å². The predicted octanol–water partition coefficient (Wildman–Crippen LogP) is -1.21. The average Bonchev–Trinajstić information content (AvgIpc) is 3.23. The molecule has 0 radical (unpaired) electrons. The third-order valence-corrected chi connectivity index (χ3v) is 7.32. The van der Waals surface area contributed by atoms with E-state index in [1.165, 1.54) is 0 Å². The van der Waals surface area contributed by atoms with Gasteiger partial charge in [0, 0.05) is 38.1 Å². The molecule has 4 atom stereocenters. The zero-order valence-corrected chi connectivity index (χ0v) is 15.5. The van der Waals surface area contributed by atoms with Crippen LogP contribution in [0.2, 0.25) is 0 Å². The summed E-state index contributed by atoms with van der Waals surface area (Å²) in [6, 6.07) is 1.18. The number of nitrogens with zero attached hydrogens (tertiary/aromatic N) is 4. The summed E-state index contributed by atoms with van der Waals surface area (Å²) in [5.74, 6) is 0.454. The van der Waals surface area contributed by atoms with Crippen molar-refractivity contribution in [3.63, 3.8) is 0 Å². The number of anilines is 1. The highest BCUT2D eigenvalue weighted by Crippen LogP contribution is 2.30. The van der Waals surface area contributed by atoms with Crippen LogP contribution < -0.4 is 15.8 Å². The highest BCUT2D eigenvalue weighted by Gasteiger charge is 2.50. The second kappa shape index (κ2) is 6.75. The second-order valence-corrected chi connectivity index (χ2v) is 9.29. The van der Waals surface area contributed by atoms with Gasteiger partial charge < -0.3 is 9.80 Å². The molecular formula is C16H24N6O3S. The zero-order chi connectivity index (χ0) is 18.3. The summed E-state index contributed by atoms with van der Waals surface area (Å²) < 4.78 is 24.7. The maximum Gasteiger partial charge on any atom is 0.229 e. The average molecular weight is 380 g/mol. The van der Waals surface area contributed by atoms with Crippen molar-refractivity contribution in [1.82, 2.24) is 25.7 Å². The number of aromatic nitrogens is 2. The number of carbonyl (C=O) groups excluding carboxylic acids is 1. The lowest BCUT2D eigenvalue weighted by Crippen LogP contribution is -2.62. The second-order valence-electron chi connectivity index (χ2n) is 7.13. The first-order valence-corrected chi connectivity index (χ1v) is 10.9. The number of nitrogens with one attached hydrogen (secondary N) is 2. The van der Waals surface area contributed by atoms with Crippen molar-refractivity contribution in [2.45, 2.75) is 31.5 Å². The fourth-order valence-electron chi connectivity index (χ4n) is 4.32. The Morgan fingerprint density at radius 2 is 1.96 bits per heavy atom. The number of carbonyl (C=O) groups is 1. The van der Waals surface area contributed by atoms with Crippen LogP contribution >= 0.6 is 0 Å². The Kier molecular flexibility index (Phi) is 4.57. The molecule has 0 aromatic carbocycles. The van der Waals surface area contributed by atoms with Gasteiger partial charge in [-0.2, -0.15) is 0 Å². The van der Waals surface area contributed by atoms with E-state index < -0.39 is 9.84 Å². The van der Waals surface area contributed by atoms with E-state index in [4.69, 9.17) is 0 Å². The molecule has 4 rings (SSSR count). The number of fused-ring (bicyclic) bond motifs is 1. The van der Waals surface area contributed by atoms with Crippen molar-refractivity contribution in [1.29, 1.82) is 0 Å². The predicted molar refractivity (Wildman–Crippen MR) is 96.0 cm³/mol. The molecule has 1 aromatic rings. The smallest absolute Gasteiger partial charge is 0.229 e. The highest BCUT2D eigenvalue weighted by molar-refractivity contribution is 7.91. The molecule has 0 spiro atoms. The van der Waals surface area contributed by atoms with Crippen LogP contribution in [0.4, 0.5) is 5.95 Å². The summed E-state index contributed by atoms with van der Waals surface area (Å²) in [5.41, 5.74) is 6.20. The molecule has 0 bridgehead atoms. The van der Waals surface area contributed by atoms with Gasteiger partial charge in [0.25, 0.3) is 0 Å². The third kappa shape index (κ3) is 3.06. The molecule has 142 valence electrons. The number of hydrogen-bond donors (Lipinski definition) is 2. The number of rotatable bonds is 3. The fraction of sp³-hybridized carbons (Fsp3) is 0.688. The largest absolute Gasteiger partial charge is 0.334 e. The minimum atomic E-state index is -3.20. The van der Waals surface area contributed by atoms with Crippen LogP contribution in [-0.2, 0) is 14.6 Å². The minimum Gasteiger partial charge on any atom is -0.334 e. The summed E-state index contributed by atoms with van der Waals surface area (Å²) in [7, 11) is -3.20. The summed E-state index contributed by atoms with van der Waals surface area (Å²) >= 11 is 0. The van der Waals surface area contributed by atoms with Crippen molar-refractivity contribution >= 4 is 21.7 Å². The van der Waals surface area contributed by atoms with Crippen LogP contribution in [0.5, 0.6) is 0 Å². The molecular weight excluding hydrogens is 356 g/mol. The first-order chi connectivity index (χ1) is 12.5. The fourth-order valence-corrected chi connectivity index (χ4v) is 6.30. The zero-order valence-electron chi connectivity index (χ0n) is 14.7. The Morgan fingerprint density at radius 3 is 2.69 bits per heavy atom. The lowest BCUT2D eigenvalue weighted by Gasteiger charge is -2.44. The molecule has 4 heterocycles. The van der Waals surface area contributed by atoms with E-state index in [-0.39, 0.29) is 41.5 Å². The first kappa shape index (κ1) is 17.6. The standard InChI is InChI=1S/C16H24N6O3S/c1-2-12-11(8-19-20-12)15(23)21-6-7-22(16-17-4-3-5-18-16)14-10-26(24,25)9-13(14)21/h3-5,11-14,19-20H,2,6-10H2,1H3/t11?,12?,13-,14+/m0/s1. The van der Waals surface area contributed by atoms with Gasteiger partial charge in [-0.25, -0.2) is 18.4 Å². The van der Waals surface area contributed by atoms with Crippen molar-refractivity contribution in [2.24, 2.45) is 5.92 Å². The first-order valence-electron chi connectivity index (χ1n) is 9.03. The third-order valence-electron chi connectivity index (χ3n) is 5.62. The summed E-state index contributed by atoms with van der Waals surface area (Å²) in [6.45, 7) is 3.64. The molecule has 9 nitrogen and oxygen atoms in total. The summed E-state index contributed by atoms with van der Waals surface area (Å²) in [4.78, 5) is 25.5. The number of piperazine rings is 1. The lowest BCUT2D eigenvalue weighted by atomic mass is 9.95. The van der Waals surface area contributed by atoms with Crippen molar-refractivity contribution < 1.29 is 13.2 Å². The van der Waals surface area contributed by atoms with Crippen LogP contribution in [0.15, 0.2) is 18.5 Å². The maximum atomic E-state index is 13.2. The van der Waals surface area contributed by atoms with Crippen molar-refractivity contribution in [2.75, 3.05) is 36.0 Å². The van der Waals surface area contributed by atoms with E-state index >= 15 is 0 Å². The number of hydrazine groups is 1. The van der Waals surface area contributed by atoms with Crippen LogP contribution in [0, 0.1) is 5.92 Å². The molecule has 3 saturated heterocycles. The molecule has 0 aliphatic carbocycles. The van der Waals surface area contributed by atoms with Crippen LogP contribution in [0.25, 0.3) is 0 Å². The van der Waals surface area contributed by atoms with Gasteiger partial charge in [0.1, 0.15) is 0 Å². The van der Waals surface area contributed by atoms with Crippen LogP contribution in [-0.4, -0.2) is 78.5 Å². The van der Waals surface area contributed by atoms with E-state index in [9.17, 15) is 13.2 Å². The molecule has 2 unspecified atom stereocenters. The Labute approximate surface area is 153 Å². The number of amides is 1. The molecule has 26 heavy (non-hydrogen) atoms. The van der Waals surface area contributed by atoms with E-state index in [0.717, 1.165) is 6.42 Å². The van der Waals surface area contributed by atoms with E-state index in [0.29, 0.717) is 25.6 Å². The van der Waals surface area contributed by atoms with Crippen molar-refractivity contribution in [3.8, 4) is 0 Å². The SMILES string of the molecule is CCC1NNCC1C(=O)N1CCN(c2ncccn2)[C@@H]2CS(=O)(=O)C[C@@H]21. The molecule has 3 fully saturated rings. The monoisotopic (exact) mass is 380 g/mol. The topological polar surface area (TPSA) is 108 Å². The molecule has 0 saturated carbocycles. The van der Waals surface area contributed by atoms with Gasteiger partial charge in [0.2, 0.25) is 11.9 Å². The van der Waals surface area contributed by atoms with Crippen LogP contribution in [0.3, 0.4) is 0 Å². The maximum absolute atomic E-state index is 13.2. The molecule has 1 aromatic heterocycles. The Bertz CT molecular complexity index is 773. The highest BCUT2D eigenvalue weighted by atomic mass is 32.2. The van der Waals surface area contributed by atoms with Gasteiger partial charge in [-0.05, 0) is 12.5 Å². The van der Waals surface area contributed by atoms with E-state index in [1.54, 1.807) is 23.4 Å². The van der Waals surface area contributed by atoms with Crippen LogP contribution in [0.1, 0.15) is 13.3 Å². The van der Waals surface area contributed by atoms with Gasteiger partial charge in [-0.1, -0.05) is 6.92 Å². The Hall–Kier alpha value is -1.78. The molecule has 1 amide bonds. The normalized spacial score (nSPS) is 33.3. The lowest BCUT2D eigenvalue weighted by molar-refractivity contribution is -0.138. The molecule has 10 heteroatoms. The minimum absolute atomic E-state index is 0.0110.